The summed E-state index contributed by atoms with van der Waals surface area (Å²) < 4.78 is 14.3. The summed E-state index contributed by atoms with van der Waals surface area (Å²) in [5, 5.41) is 4.03. The highest BCUT2D eigenvalue weighted by molar-refractivity contribution is 9.10. The van der Waals surface area contributed by atoms with Gasteiger partial charge in [0.15, 0.2) is 0 Å². The maximum atomic E-state index is 13.4. The van der Waals surface area contributed by atoms with Crippen LogP contribution in [0.3, 0.4) is 0 Å². The van der Waals surface area contributed by atoms with Gasteiger partial charge in [0.1, 0.15) is 5.82 Å². The highest BCUT2D eigenvalue weighted by Gasteiger charge is 2.15. The summed E-state index contributed by atoms with van der Waals surface area (Å²) in [5.41, 5.74) is 3.13. The summed E-state index contributed by atoms with van der Waals surface area (Å²) in [6.07, 6.45) is 0.691. The molecule has 2 rings (SSSR count). The number of nitrogens with one attached hydrogen (secondary N) is 1. The van der Waals surface area contributed by atoms with Crippen LogP contribution in [-0.2, 0) is 6.42 Å². The fourth-order valence-electron chi connectivity index (χ4n) is 2.29. The third-order valence-corrected chi connectivity index (χ3v) is 4.65. The topological polar surface area (TPSA) is 12.0 Å². The van der Waals surface area contributed by atoms with Gasteiger partial charge in [0, 0.05) is 15.5 Å². The van der Waals surface area contributed by atoms with Gasteiger partial charge >= 0.3 is 0 Å². The van der Waals surface area contributed by atoms with Gasteiger partial charge in [-0.3, -0.25) is 0 Å². The summed E-state index contributed by atoms with van der Waals surface area (Å²) >= 11 is 9.65. The maximum Gasteiger partial charge on any atom is 0.123 e. The molecule has 0 aliphatic carbocycles. The molecule has 1 atom stereocenters. The molecular formula is C16H16BrClFN. The smallest absolute Gasteiger partial charge is 0.123 e. The van der Waals surface area contributed by atoms with E-state index in [2.05, 4.69) is 27.3 Å². The second-order valence-electron chi connectivity index (χ2n) is 4.74. The molecule has 2 aromatic rings. The van der Waals surface area contributed by atoms with Crippen molar-refractivity contribution in [2.24, 2.45) is 0 Å². The van der Waals surface area contributed by atoms with Crippen molar-refractivity contribution in [3.63, 3.8) is 0 Å². The van der Waals surface area contributed by atoms with E-state index in [0.717, 1.165) is 26.2 Å². The van der Waals surface area contributed by atoms with Gasteiger partial charge in [0.2, 0.25) is 0 Å². The van der Waals surface area contributed by atoms with Gasteiger partial charge in [-0.2, -0.15) is 0 Å². The lowest BCUT2D eigenvalue weighted by molar-refractivity contribution is 0.580. The van der Waals surface area contributed by atoms with Crippen LogP contribution in [0.25, 0.3) is 0 Å². The molecule has 1 unspecified atom stereocenters. The predicted octanol–water partition coefficient (Wildman–Crippen LogP) is 5.05. The fourth-order valence-corrected chi connectivity index (χ4v) is 2.88. The maximum absolute atomic E-state index is 13.4. The van der Waals surface area contributed by atoms with E-state index < -0.39 is 0 Å². The number of rotatable bonds is 4. The minimum atomic E-state index is -0.221. The predicted molar refractivity (Wildman–Crippen MR) is 85.8 cm³/mol. The van der Waals surface area contributed by atoms with Crippen LogP contribution >= 0.6 is 27.5 Å². The zero-order valence-electron chi connectivity index (χ0n) is 11.4. The van der Waals surface area contributed by atoms with Gasteiger partial charge in [-0.15, -0.1) is 0 Å². The summed E-state index contributed by atoms with van der Waals surface area (Å²) in [7, 11) is 1.90. The van der Waals surface area contributed by atoms with Crippen LogP contribution < -0.4 is 5.32 Å². The highest BCUT2D eigenvalue weighted by Crippen LogP contribution is 2.29. The van der Waals surface area contributed by atoms with Crippen molar-refractivity contribution in [3.8, 4) is 0 Å². The molecule has 0 saturated heterocycles. The number of halogens is 3. The van der Waals surface area contributed by atoms with E-state index in [1.807, 2.05) is 26.1 Å². The van der Waals surface area contributed by atoms with Crippen LogP contribution in [0.1, 0.15) is 22.7 Å². The molecule has 0 radical (unpaired) electrons. The Bertz CT molecular complexity index is 615. The first kappa shape index (κ1) is 15.5. The van der Waals surface area contributed by atoms with Crippen molar-refractivity contribution in [2.75, 3.05) is 7.05 Å². The van der Waals surface area contributed by atoms with Crippen LogP contribution in [0.5, 0.6) is 0 Å². The lowest BCUT2D eigenvalue weighted by Crippen LogP contribution is -2.20. The molecule has 0 aliphatic heterocycles. The Morgan fingerprint density at radius 3 is 2.75 bits per heavy atom. The van der Waals surface area contributed by atoms with E-state index in [-0.39, 0.29) is 11.9 Å². The molecule has 2 aromatic carbocycles. The third kappa shape index (κ3) is 3.40. The van der Waals surface area contributed by atoms with Crippen molar-refractivity contribution < 1.29 is 4.39 Å². The Hall–Kier alpha value is -0.900. The molecular weight excluding hydrogens is 341 g/mol. The van der Waals surface area contributed by atoms with Crippen molar-refractivity contribution in [1.29, 1.82) is 0 Å². The van der Waals surface area contributed by atoms with Crippen LogP contribution in [0, 0.1) is 12.7 Å². The Labute approximate surface area is 132 Å². The largest absolute Gasteiger partial charge is 0.313 e. The van der Waals surface area contributed by atoms with Crippen molar-refractivity contribution in [3.05, 3.63) is 68.4 Å². The normalized spacial score (nSPS) is 12.4. The first-order chi connectivity index (χ1) is 9.52. The summed E-state index contributed by atoms with van der Waals surface area (Å²) in [4.78, 5) is 0. The van der Waals surface area contributed by atoms with E-state index in [0.29, 0.717) is 6.42 Å². The Morgan fingerprint density at radius 1 is 1.30 bits per heavy atom. The fraction of sp³-hybridized carbons (Fsp3) is 0.250. The quantitative estimate of drug-likeness (QED) is 0.808. The van der Waals surface area contributed by atoms with Gasteiger partial charge in [-0.1, -0.05) is 39.7 Å². The number of hydrogen-bond acceptors (Lipinski definition) is 1. The van der Waals surface area contributed by atoms with Gasteiger partial charge in [0.25, 0.3) is 0 Å². The first-order valence-electron chi connectivity index (χ1n) is 6.39. The Balaban J connectivity index is 2.34. The number of likely N-dealkylation sites (N-methyl/N-ethyl adjacent to an activating group) is 1. The van der Waals surface area contributed by atoms with E-state index in [1.54, 1.807) is 12.1 Å². The average Bonchev–Trinajstić information content (AvgIpc) is 2.43. The molecule has 0 aliphatic rings. The van der Waals surface area contributed by atoms with Gasteiger partial charge in [-0.25, -0.2) is 4.39 Å². The third-order valence-electron chi connectivity index (χ3n) is 3.47. The molecule has 1 N–H and O–H groups in total. The SMILES string of the molecule is CNC(Cc1cc(F)ccc1Br)c1cccc(Cl)c1C. The standard InChI is InChI=1S/C16H16BrClFN/c1-10-13(4-3-5-15(10)18)16(20-2)9-11-8-12(19)6-7-14(11)17/h3-8,16,20H,9H2,1-2H3. The highest BCUT2D eigenvalue weighted by atomic mass is 79.9. The molecule has 0 bridgehead atoms. The number of hydrogen-bond donors (Lipinski definition) is 1. The zero-order valence-corrected chi connectivity index (χ0v) is 13.7. The van der Waals surface area contributed by atoms with Crippen molar-refractivity contribution in [2.45, 2.75) is 19.4 Å². The Kier molecular flexibility index (Phi) is 5.19. The van der Waals surface area contributed by atoms with E-state index in [1.165, 1.54) is 6.07 Å². The van der Waals surface area contributed by atoms with Crippen LogP contribution in [0.4, 0.5) is 4.39 Å². The second-order valence-corrected chi connectivity index (χ2v) is 6.00. The lowest BCUT2D eigenvalue weighted by Gasteiger charge is -2.20. The number of benzene rings is 2. The first-order valence-corrected chi connectivity index (χ1v) is 7.56. The van der Waals surface area contributed by atoms with Crippen molar-refractivity contribution >= 4 is 27.5 Å². The summed E-state index contributed by atoms with van der Waals surface area (Å²) in [5.74, 6) is -0.221. The molecule has 20 heavy (non-hydrogen) atoms. The van der Waals surface area contributed by atoms with Gasteiger partial charge in [0.05, 0.1) is 0 Å². The van der Waals surface area contributed by atoms with E-state index in [9.17, 15) is 4.39 Å². The minimum absolute atomic E-state index is 0.0896. The van der Waals surface area contributed by atoms with Crippen molar-refractivity contribution in [1.82, 2.24) is 5.32 Å². The summed E-state index contributed by atoms with van der Waals surface area (Å²) in [6.45, 7) is 2.00. The van der Waals surface area contributed by atoms with Crippen LogP contribution in [0.15, 0.2) is 40.9 Å². The molecule has 0 aromatic heterocycles. The molecule has 0 spiro atoms. The zero-order chi connectivity index (χ0) is 14.7. The minimum Gasteiger partial charge on any atom is -0.313 e. The molecule has 0 amide bonds. The monoisotopic (exact) mass is 355 g/mol. The second kappa shape index (κ2) is 6.70. The van der Waals surface area contributed by atoms with Crippen LogP contribution in [0.2, 0.25) is 5.02 Å². The van der Waals surface area contributed by atoms with E-state index in [4.69, 9.17) is 11.6 Å². The average molecular weight is 357 g/mol. The van der Waals surface area contributed by atoms with Gasteiger partial charge in [-0.05, 0) is 61.3 Å². The molecule has 106 valence electrons. The molecule has 1 nitrogen and oxygen atoms in total. The summed E-state index contributed by atoms with van der Waals surface area (Å²) in [6, 6.07) is 10.7. The van der Waals surface area contributed by atoms with Crippen LogP contribution in [-0.4, -0.2) is 7.05 Å². The molecule has 0 fully saturated rings. The molecule has 4 heteroatoms. The molecule has 0 saturated carbocycles. The molecule has 0 heterocycles. The lowest BCUT2D eigenvalue weighted by atomic mass is 9.95. The Morgan fingerprint density at radius 2 is 2.05 bits per heavy atom. The van der Waals surface area contributed by atoms with E-state index >= 15 is 0 Å². The van der Waals surface area contributed by atoms with Gasteiger partial charge < -0.3 is 5.32 Å².